The van der Waals surface area contributed by atoms with Gasteiger partial charge in [-0.15, -0.1) is 0 Å². The first-order valence-electron chi connectivity index (χ1n) is 13.8. The molecule has 1 aromatic carbocycles. The van der Waals surface area contributed by atoms with E-state index < -0.39 is 21.2 Å². The molecule has 1 unspecified atom stereocenters. The van der Waals surface area contributed by atoms with Gasteiger partial charge in [0.1, 0.15) is 5.75 Å². The largest absolute Gasteiger partial charge is 0.493 e. The molecule has 0 aliphatic heterocycles. The molecule has 9 nitrogen and oxygen atoms in total. The van der Waals surface area contributed by atoms with E-state index in [4.69, 9.17) is 22.8 Å². The summed E-state index contributed by atoms with van der Waals surface area (Å²) in [6.45, 7) is 12.5. The Morgan fingerprint density at radius 1 is 0.842 bits per heavy atom. The fourth-order valence-electron chi connectivity index (χ4n) is 4.20. The predicted octanol–water partition coefficient (Wildman–Crippen LogP) is 7.83. The van der Waals surface area contributed by atoms with Gasteiger partial charge in [-0.2, -0.15) is 0 Å². The van der Waals surface area contributed by atoms with Gasteiger partial charge in [0.25, 0.3) is 0 Å². The maximum Gasteiger partial charge on any atom is 0.335 e. The molecule has 0 saturated heterocycles. The third kappa shape index (κ3) is 12.3. The van der Waals surface area contributed by atoms with Crippen LogP contribution in [0.1, 0.15) is 90.3 Å². The molecule has 0 amide bonds. The van der Waals surface area contributed by atoms with Crippen molar-refractivity contribution in [3.8, 4) is 5.75 Å². The molecular formula is C27H48O9P2. The van der Waals surface area contributed by atoms with Crippen LogP contribution < -0.4 is 4.74 Å². The summed E-state index contributed by atoms with van der Waals surface area (Å²) in [7, 11) is -7.04. The highest BCUT2D eigenvalue weighted by molar-refractivity contribution is 7.53. The van der Waals surface area contributed by atoms with Crippen molar-refractivity contribution in [3.63, 3.8) is 0 Å². The number of hydrogen-bond donors (Lipinski definition) is 1. The smallest absolute Gasteiger partial charge is 0.335 e. The summed E-state index contributed by atoms with van der Waals surface area (Å²) in [6.07, 6.45) is 4.16. The van der Waals surface area contributed by atoms with Gasteiger partial charge < -0.3 is 27.9 Å². The van der Waals surface area contributed by atoms with Crippen molar-refractivity contribution in [3.05, 3.63) is 28.8 Å². The second-order valence-electron chi connectivity index (χ2n) is 9.07. The Morgan fingerprint density at radius 2 is 1.32 bits per heavy atom. The van der Waals surface area contributed by atoms with Crippen LogP contribution >= 0.6 is 15.2 Å². The molecule has 1 rings (SSSR count). The normalized spacial score (nSPS) is 13.0. The average molecular weight is 579 g/mol. The standard InChI is InChI=1S/C27H48O9P2/c1-7-13-14-22(8-2)19-32-27-24(20-37(30,33-9-3)34-10-4)17-23(15-16-26(28)29)18-25(27)21-38(31,35-11-5)36-12-6/h17-18,22H,7-16,19-21H2,1-6H3,(H,28,29). The van der Waals surface area contributed by atoms with E-state index in [1.165, 1.54) is 0 Å². The van der Waals surface area contributed by atoms with Crippen molar-refractivity contribution in [1.29, 1.82) is 0 Å². The summed E-state index contributed by atoms with van der Waals surface area (Å²) in [6, 6.07) is 3.59. The van der Waals surface area contributed by atoms with Crippen LogP contribution in [-0.4, -0.2) is 44.1 Å². The van der Waals surface area contributed by atoms with Crippen molar-refractivity contribution < 1.29 is 41.9 Å². The molecule has 220 valence electrons. The second kappa shape index (κ2) is 18.2. The molecule has 1 aromatic rings. The third-order valence-corrected chi connectivity index (χ3v) is 10.0. The van der Waals surface area contributed by atoms with Crippen LogP contribution in [0.25, 0.3) is 0 Å². The van der Waals surface area contributed by atoms with Crippen molar-refractivity contribution in [2.24, 2.45) is 5.92 Å². The highest BCUT2D eigenvalue weighted by Gasteiger charge is 2.31. The highest BCUT2D eigenvalue weighted by Crippen LogP contribution is 2.56. The number of benzene rings is 1. The molecule has 0 radical (unpaired) electrons. The van der Waals surface area contributed by atoms with Gasteiger partial charge in [-0.1, -0.05) is 45.2 Å². The number of ether oxygens (including phenoxy) is 1. The lowest BCUT2D eigenvalue weighted by Gasteiger charge is -2.25. The van der Waals surface area contributed by atoms with E-state index in [0.29, 0.717) is 35.0 Å². The molecule has 0 fully saturated rings. The van der Waals surface area contributed by atoms with Gasteiger partial charge in [-0.25, -0.2) is 0 Å². The van der Waals surface area contributed by atoms with Crippen molar-refractivity contribution in [2.45, 2.75) is 92.4 Å². The molecular weight excluding hydrogens is 530 g/mol. The molecule has 0 bridgehead atoms. The van der Waals surface area contributed by atoms with Crippen LogP contribution in [0.4, 0.5) is 0 Å². The van der Waals surface area contributed by atoms with E-state index in [9.17, 15) is 19.0 Å². The number of carboxylic acid groups (broad SMARTS) is 1. The molecule has 0 saturated carbocycles. The number of carbonyl (C=O) groups is 1. The van der Waals surface area contributed by atoms with Gasteiger partial charge >= 0.3 is 21.2 Å². The quantitative estimate of drug-likeness (QED) is 0.137. The Morgan fingerprint density at radius 3 is 1.68 bits per heavy atom. The lowest BCUT2D eigenvalue weighted by Crippen LogP contribution is -2.14. The van der Waals surface area contributed by atoms with Crippen molar-refractivity contribution >= 4 is 21.2 Å². The Balaban J connectivity index is 3.68. The molecule has 1 N–H and O–H groups in total. The zero-order valence-electron chi connectivity index (χ0n) is 24.0. The Bertz CT molecular complexity index is 862. The van der Waals surface area contributed by atoms with E-state index in [-0.39, 0.29) is 51.6 Å². The van der Waals surface area contributed by atoms with Crippen molar-refractivity contribution in [1.82, 2.24) is 0 Å². The van der Waals surface area contributed by atoms with Gasteiger partial charge in [0.05, 0.1) is 45.4 Å². The number of hydrogen-bond acceptors (Lipinski definition) is 8. The zero-order valence-corrected chi connectivity index (χ0v) is 25.8. The van der Waals surface area contributed by atoms with Crippen LogP contribution in [0.3, 0.4) is 0 Å². The number of aliphatic carboxylic acids is 1. The first-order valence-corrected chi connectivity index (χ1v) is 17.3. The summed E-state index contributed by atoms with van der Waals surface area (Å²) in [5.74, 6) is -0.157. The van der Waals surface area contributed by atoms with Crippen LogP contribution in [0.15, 0.2) is 12.1 Å². The van der Waals surface area contributed by atoms with E-state index in [2.05, 4.69) is 13.8 Å². The highest BCUT2D eigenvalue weighted by atomic mass is 31.2. The third-order valence-electron chi connectivity index (χ3n) is 5.97. The average Bonchev–Trinajstić information content (AvgIpc) is 2.84. The predicted molar refractivity (Wildman–Crippen MR) is 150 cm³/mol. The molecule has 1 atom stereocenters. The fourth-order valence-corrected chi connectivity index (χ4v) is 7.60. The van der Waals surface area contributed by atoms with E-state index >= 15 is 0 Å². The molecule has 11 heteroatoms. The van der Waals surface area contributed by atoms with Gasteiger partial charge in [0, 0.05) is 17.5 Å². The topological polar surface area (TPSA) is 118 Å². The van der Waals surface area contributed by atoms with Gasteiger partial charge in [0.2, 0.25) is 0 Å². The Labute approximate surface area is 229 Å². The number of rotatable bonds is 22. The number of unbranched alkanes of at least 4 members (excludes halogenated alkanes) is 1. The Hall–Kier alpha value is -1.21. The van der Waals surface area contributed by atoms with E-state index in [1.807, 2.05) is 0 Å². The second-order valence-corrected chi connectivity index (χ2v) is 13.2. The lowest BCUT2D eigenvalue weighted by molar-refractivity contribution is -0.136. The minimum absolute atomic E-state index is 0.0583. The first kappa shape index (κ1) is 34.8. The fraction of sp³-hybridized carbons (Fsp3) is 0.741. The minimum atomic E-state index is -3.52. The summed E-state index contributed by atoms with van der Waals surface area (Å²) < 4.78 is 55.8. The SMILES string of the molecule is CCCCC(CC)COc1c(CP(=O)(OCC)OCC)cc(CCC(=O)O)cc1CP(=O)(OCC)OCC. The maximum atomic E-state index is 13.6. The molecule has 0 heterocycles. The molecule has 0 aliphatic rings. The van der Waals surface area contributed by atoms with Gasteiger partial charge in [-0.05, 0) is 52.0 Å². The molecule has 38 heavy (non-hydrogen) atoms. The summed E-state index contributed by atoms with van der Waals surface area (Å²) in [5.41, 5.74) is 1.83. The lowest BCUT2D eigenvalue weighted by atomic mass is 9.99. The summed E-state index contributed by atoms with van der Waals surface area (Å²) in [5, 5.41) is 9.27. The molecule has 0 spiro atoms. The van der Waals surface area contributed by atoms with E-state index in [1.54, 1.807) is 39.8 Å². The zero-order chi connectivity index (χ0) is 28.6. The number of carboxylic acids is 1. The van der Waals surface area contributed by atoms with Gasteiger partial charge in [-0.3, -0.25) is 13.9 Å². The monoisotopic (exact) mass is 578 g/mol. The Kier molecular flexibility index (Phi) is 16.7. The molecule has 0 aromatic heterocycles. The molecule has 0 aliphatic carbocycles. The van der Waals surface area contributed by atoms with Crippen LogP contribution in [0.5, 0.6) is 5.75 Å². The summed E-state index contributed by atoms with van der Waals surface area (Å²) >= 11 is 0. The van der Waals surface area contributed by atoms with Gasteiger partial charge in [0.15, 0.2) is 0 Å². The summed E-state index contributed by atoms with van der Waals surface area (Å²) in [4.78, 5) is 11.3. The minimum Gasteiger partial charge on any atom is -0.493 e. The van der Waals surface area contributed by atoms with Crippen LogP contribution in [0.2, 0.25) is 0 Å². The van der Waals surface area contributed by atoms with E-state index in [0.717, 1.165) is 25.7 Å². The van der Waals surface area contributed by atoms with Crippen LogP contribution in [-0.2, 0) is 50.8 Å². The maximum absolute atomic E-state index is 13.6. The number of aryl methyl sites for hydroxylation is 1. The first-order chi connectivity index (χ1) is 18.1. The van der Waals surface area contributed by atoms with Crippen molar-refractivity contribution in [2.75, 3.05) is 33.0 Å². The van der Waals surface area contributed by atoms with Crippen LogP contribution in [0, 0.1) is 5.92 Å².